The number of dihydropyridines is 1. The van der Waals surface area contributed by atoms with Crippen LogP contribution in [0.1, 0.15) is 33.4 Å². The first-order valence-corrected chi connectivity index (χ1v) is 17.2. The normalized spacial score (nSPS) is 14.9. The molecule has 1 spiro atoms. The Labute approximate surface area is 289 Å². The van der Waals surface area contributed by atoms with Crippen molar-refractivity contribution in [3.05, 3.63) is 197 Å². The van der Waals surface area contributed by atoms with Gasteiger partial charge >= 0.3 is 0 Å². The topological polar surface area (TPSA) is 38.1 Å². The molecule has 11 rings (SSSR count). The molecule has 8 aromatic rings. The van der Waals surface area contributed by atoms with E-state index in [2.05, 4.69) is 151 Å². The second-order valence-electron chi connectivity index (χ2n) is 13.5. The van der Waals surface area contributed by atoms with Crippen molar-refractivity contribution in [3.8, 4) is 33.5 Å². The lowest BCUT2D eigenvalue weighted by atomic mass is 9.70. The van der Waals surface area contributed by atoms with Crippen LogP contribution in [0.4, 0.5) is 0 Å². The molecule has 0 atom stereocenters. The number of rotatable bonds is 3. The number of nitrogens with zero attached hydrogens (tertiary/aromatic N) is 1. The Morgan fingerprint density at radius 2 is 1.28 bits per heavy atom. The van der Waals surface area contributed by atoms with Crippen LogP contribution in [-0.4, -0.2) is 11.5 Å². The van der Waals surface area contributed by atoms with Gasteiger partial charge in [-0.2, -0.15) is 0 Å². The lowest BCUT2D eigenvalue weighted by Gasteiger charge is -2.30. The lowest BCUT2D eigenvalue weighted by molar-refractivity contribution is 0.669. The number of benzene rings is 6. The van der Waals surface area contributed by atoms with Gasteiger partial charge < -0.3 is 9.73 Å². The number of hydrogen-bond acceptors (Lipinski definition) is 3. The first-order valence-electron chi connectivity index (χ1n) is 17.2. The zero-order valence-corrected chi connectivity index (χ0v) is 27.2. The second-order valence-corrected chi connectivity index (χ2v) is 13.5. The molecule has 2 aliphatic carbocycles. The maximum Gasteiger partial charge on any atom is 0.143 e. The molecular formula is C47H30N2O. The molecule has 1 aliphatic heterocycles. The molecule has 234 valence electrons. The third-order valence-electron chi connectivity index (χ3n) is 11.0. The van der Waals surface area contributed by atoms with E-state index in [1.165, 1.54) is 55.6 Å². The van der Waals surface area contributed by atoms with Gasteiger partial charge in [-0.15, -0.1) is 0 Å². The van der Waals surface area contributed by atoms with Gasteiger partial charge in [0, 0.05) is 40.3 Å². The van der Waals surface area contributed by atoms with Crippen LogP contribution in [0.25, 0.3) is 66.7 Å². The van der Waals surface area contributed by atoms with Gasteiger partial charge in [0.15, 0.2) is 0 Å². The van der Waals surface area contributed by atoms with Gasteiger partial charge in [-0.05, 0) is 79.9 Å². The molecule has 3 nitrogen and oxygen atoms in total. The fraction of sp³-hybridized carbons (Fsp3) is 0.0426. The van der Waals surface area contributed by atoms with E-state index >= 15 is 0 Å². The number of fused-ring (bicyclic) bond motifs is 14. The molecule has 0 unspecified atom stereocenters. The molecular weight excluding hydrogens is 609 g/mol. The largest absolute Gasteiger partial charge is 0.455 e. The summed E-state index contributed by atoms with van der Waals surface area (Å²) in [6.45, 7) is 0.760. The summed E-state index contributed by atoms with van der Waals surface area (Å²) in [5, 5.41) is 5.89. The summed E-state index contributed by atoms with van der Waals surface area (Å²) in [6, 6.07) is 52.6. The molecule has 50 heavy (non-hydrogen) atoms. The maximum atomic E-state index is 6.72. The van der Waals surface area contributed by atoms with Crippen LogP contribution in [0, 0.1) is 0 Å². The summed E-state index contributed by atoms with van der Waals surface area (Å²) in [5.41, 5.74) is 18.3. The van der Waals surface area contributed by atoms with E-state index in [-0.39, 0.29) is 0 Å². The van der Waals surface area contributed by atoms with Crippen molar-refractivity contribution >= 4 is 33.2 Å². The SMILES string of the molecule is C1=C(c2ccc(-c3ccc4c(c3)C3(c5ccccc5-c5ccccc53)c3ccc5c(oc6ccccc65)c3-4)nc2)CNC(c2ccccc2)=C1. The smallest absolute Gasteiger partial charge is 0.143 e. The minimum absolute atomic E-state index is 0.470. The zero-order chi connectivity index (χ0) is 32.8. The highest BCUT2D eigenvalue weighted by Gasteiger charge is 2.52. The molecule has 0 amide bonds. The maximum absolute atomic E-state index is 6.72. The molecule has 0 fully saturated rings. The fourth-order valence-corrected chi connectivity index (χ4v) is 8.82. The highest BCUT2D eigenvalue weighted by molar-refractivity contribution is 6.13. The van der Waals surface area contributed by atoms with Gasteiger partial charge in [0.2, 0.25) is 0 Å². The van der Waals surface area contributed by atoms with Crippen molar-refractivity contribution < 1.29 is 4.42 Å². The van der Waals surface area contributed by atoms with E-state index in [0.717, 1.165) is 51.0 Å². The molecule has 0 saturated heterocycles. The second kappa shape index (κ2) is 10.3. The Hall–Kier alpha value is -6.45. The monoisotopic (exact) mass is 638 g/mol. The lowest BCUT2D eigenvalue weighted by Crippen LogP contribution is -2.25. The van der Waals surface area contributed by atoms with Crippen LogP contribution in [-0.2, 0) is 5.41 Å². The Balaban J connectivity index is 1.09. The fourth-order valence-electron chi connectivity index (χ4n) is 8.82. The highest BCUT2D eigenvalue weighted by Crippen LogP contribution is 2.64. The number of nitrogens with one attached hydrogen (secondary N) is 1. The first-order chi connectivity index (χ1) is 24.8. The van der Waals surface area contributed by atoms with Crippen LogP contribution < -0.4 is 5.32 Å². The third kappa shape index (κ3) is 3.66. The Bertz CT molecular complexity index is 2700. The van der Waals surface area contributed by atoms with Crippen LogP contribution in [0.5, 0.6) is 0 Å². The van der Waals surface area contributed by atoms with E-state index in [1.54, 1.807) is 0 Å². The molecule has 2 aromatic heterocycles. The zero-order valence-electron chi connectivity index (χ0n) is 27.2. The quantitative estimate of drug-likeness (QED) is 0.209. The van der Waals surface area contributed by atoms with E-state index in [0.29, 0.717) is 0 Å². The van der Waals surface area contributed by atoms with E-state index in [1.807, 2.05) is 18.3 Å². The van der Waals surface area contributed by atoms with Crippen LogP contribution >= 0.6 is 0 Å². The number of pyridine rings is 1. The number of aromatic nitrogens is 1. The average Bonchev–Trinajstić information content (AvgIpc) is 3.82. The van der Waals surface area contributed by atoms with Crippen LogP contribution in [0.2, 0.25) is 0 Å². The molecule has 3 heteroatoms. The van der Waals surface area contributed by atoms with Crippen molar-refractivity contribution in [1.29, 1.82) is 0 Å². The van der Waals surface area contributed by atoms with Crippen molar-refractivity contribution in [3.63, 3.8) is 0 Å². The Kier molecular flexibility index (Phi) is 5.65. The van der Waals surface area contributed by atoms with E-state index in [9.17, 15) is 0 Å². The Morgan fingerprint density at radius 3 is 2.04 bits per heavy atom. The van der Waals surface area contributed by atoms with Gasteiger partial charge in [0.1, 0.15) is 11.2 Å². The number of furan rings is 1. The van der Waals surface area contributed by atoms with Gasteiger partial charge in [-0.3, -0.25) is 4.98 Å². The van der Waals surface area contributed by atoms with Crippen molar-refractivity contribution in [2.24, 2.45) is 0 Å². The average molecular weight is 639 g/mol. The van der Waals surface area contributed by atoms with E-state index < -0.39 is 5.41 Å². The minimum atomic E-state index is -0.470. The molecule has 0 radical (unpaired) electrons. The molecule has 3 aliphatic rings. The number of allylic oxidation sites excluding steroid dienone is 2. The minimum Gasteiger partial charge on any atom is -0.455 e. The predicted octanol–water partition coefficient (Wildman–Crippen LogP) is 11.0. The highest BCUT2D eigenvalue weighted by atomic mass is 16.3. The molecule has 1 N–H and O–H groups in total. The van der Waals surface area contributed by atoms with Gasteiger partial charge in [-0.1, -0.05) is 133 Å². The van der Waals surface area contributed by atoms with Crippen molar-refractivity contribution in [1.82, 2.24) is 10.3 Å². The molecule has 0 saturated carbocycles. The van der Waals surface area contributed by atoms with Gasteiger partial charge in [-0.25, -0.2) is 0 Å². The molecule has 3 heterocycles. The predicted molar refractivity (Wildman–Crippen MR) is 204 cm³/mol. The summed E-state index contributed by atoms with van der Waals surface area (Å²) >= 11 is 0. The summed E-state index contributed by atoms with van der Waals surface area (Å²) < 4.78 is 6.72. The summed E-state index contributed by atoms with van der Waals surface area (Å²) in [4.78, 5) is 5.05. The van der Waals surface area contributed by atoms with Crippen LogP contribution in [0.3, 0.4) is 0 Å². The van der Waals surface area contributed by atoms with Crippen molar-refractivity contribution in [2.45, 2.75) is 5.41 Å². The van der Waals surface area contributed by atoms with Crippen LogP contribution in [0.15, 0.2) is 168 Å². The standard InChI is InChI=1S/C47H30N2O/c1-2-10-29(11-3-1)42-24-19-31(27-48-42)32-20-25-43(49-28-32)30-18-21-37-41(26-30)47(38-15-7-4-12-33(38)34-13-5-8-16-39(34)47)40-23-22-36-35-14-6-9-17-44(35)50-46(36)45(37)40/h1-26,28,48H,27H2. The first kappa shape index (κ1) is 27.5. The van der Waals surface area contributed by atoms with Gasteiger partial charge in [0.25, 0.3) is 0 Å². The summed E-state index contributed by atoms with van der Waals surface area (Å²) in [6.07, 6.45) is 6.38. The number of para-hydroxylation sites is 1. The third-order valence-corrected chi connectivity index (χ3v) is 11.0. The summed E-state index contributed by atoms with van der Waals surface area (Å²) in [5.74, 6) is 0. The number of hydrogen-bond donors (Lipinski definition) is 1. The molecule has 6 aromatic carbocycles. The van der Waals surface area contributed by atoms with E-state index in [4.69, 9.17) is 9.40 Å². The van der Waals surface area contributed by atoms with Gasteiger partial charge in [0.05, 0.1) is 11.1 Å². The Morgan fingerprint density at radius 1 is 0.540 bits per heavy atom. The molecule has 0 bridgehead atoms. The van der Waals surface area contributed by atoms with Crippen molar-refractivity contribution in [2.75, 3.05) is 6.54 Å². The summed E-state index contributed by atoms with van der Waals surface area (Å²) in [7, 11) is 0.